The molecule has 0 fully saturated rings. The zero-order valence-corrected chi connectivity index (χ0v) is 14.5. The maximum Gasteiger partial charge on any atom is 0.302 e. The van der Waals surface area contributed by atoms with Crippen LogP contribution >= 0.6 is 0 Å². The van der Waals surface area contributed by atoms with E-state index in [0.29, 0.717) is 13.1 Å². The van der Waals surface area contributed by atoms with E-state index in [4.69, 9.17) is 5.73 Å². The van der Waals surface area contributed by atoms with Gasteiger partial charge in [0.1, 0.15) is 12.2 Å². The van der Waals surface area contributed by atoms with Crippen LogP contribution in [0.2, 0.25) is 0 Å². The van der Waals surface area contributed by atoms with Crippen LogP contribution in [0.4, 0.5) is 5.69 Å². The molecule has 2 N–H and O–H groups in total. The van der Waals surface area contributed by atoms with Crippen LogP contribution in [0.5, 0.6) is 0 Å². The van der Waals surface area contributed by atoms with Gasteiger partial charge in [0.15, 0.2) is 4.87 Å². The first kappa shape index (κ1) is 15.8. The normalized spacial score (nSPS) is 16.3. The minimum atomic E-state index is 0.668. The van der Waals surface area contributed by atoms with Gasteiger partial charge >= 0.3 is 5.69 Å². The molecule has 0 radical (unpaired) electrons. The van der Waals surface area contributed by atoms with Crippen molar-refractivity contribution in [2.24, 2.45) is 5.73 Å². The highest BCUT2D eigenvalue weighted by atomic mass is 16.3. The molecule has 0 saturated heterocycles. The molecule has 25 heavy (non-hydrogen) atoms. The highest BCUT2D eigenvalue weighted by molar-refractivity contribution is 5.93. The van der Waals surface area contributed by atoms with Crippen molar-refractivity contribution in [2.45, 2.75) is 13.3 Å². The predicted molar refractivity (Wildman–Crippen MR) is 99.7 cm³/mol. The molecule has 5 heteroatoms. The summed E-state index contributed by atoms with van der Waals surface area (Å²) in [6.07, 6.45) is 0.936. The van der Waals surface area contributed by atoms with Crippen LogP contribution in [0.1, 0.15) is 23.1 Å². The fourth-order valence-electron chi connectivity index (χ4n) is 3.67. The second kappa shape index (κ2) is 6.33. The van der Waals surface area contributed by atoms with E-state index in [2.05, 4.69) is 36.1 Å². The standard InChI is InChI=1S/C20H23N4O/c1-15-7-9-16(10-8-15)19-20-17-5-2-3-6-18(17)24(25)23(20)14-13-22(19)12-4-11-21/h2-3,5-10H,4,11-14,21H2,1H3/q+1. The van der Waals surface area contributed by atoms with Crippen molar-refractivity contribution < 1.29 is 4.87 Å². The summed E-state index contributed by atoms with van der Waals surface area (Å²) in [5.41, 5.74) is 12.0. The number of nitroso groups, excluding NO2 is 1. The number of nitrogens with zero attached hydrogens (tertiary/aromatic N) is 3. The molecule has 2 aliphatic rings. The van der Waals surface area contributed by atoms with E-state index in [9.17, 15) is 4.91 Å². The quantitative estimate of drug-likeness (QED) is 0.872. The topological polar surface area (TPSA) is 52.6 Å². The van der Waals surface area contributed by atoms with Gasteiger partial charge in [0, 0.05) is 24.7 Å². The molecular weight excluding hydrogens is 312 g/mol. The van der Waals surface area contributed by atoms with Gasteiger partial charge in [-0.2, -0.15) is 0 Å². The van der Waals surface area contributed by atoms with Crippen molar-refractivity contribution in [2.75, 3.05) is 26.2 Å². The van der Waals surface area contributed by atoms with Crippen molar-refractivity contribution in [3.63, 3.8) is 0 Å². The summed E-state index contributed by atoms with van der Waals surface area (Å²) in [5, 5.41) is 1.86. The monoisotopic (exact) mass is 335 g/mol. The lowest BCUT2D eigenvalue weighted by Crippen LogP contribution is -2.41. The Morgan fingerprint density at radius 2 is 1.80 bits per heavy atom. The van der Waals surface area contributed by atoms with Crippen LogP contribution < -0.4 is 5.73 Å². The van der Waals surface area contributed by atoms with Crippen molar-refractivity contribution in [3.05, 3.63) is 70.1 Å². The molecule has 0 saturated carbocycles. The first-order chi connectivity index (χ1) is 12.2. The van der Waals surface area contributed by atoms with E-state index >= 15 is 0 Å². The average molecular weight is 335 g/mol. The number of nitrogens with two attached hydrogens (primary N) is 1. The average Bonchev–Trinajstić information content (AvgIpc) is 2.93. The smallest absolute Gasteiger partial charge is 0.302 e. The zero-order valence-electron chi connectivity index (χ0n) is 14.5. The van der Waals surface area contributed by atoms with Crippen molar-refractivity contribution >= 4 is 17.1 Å². The molecule has 0 aliphatic carbocycles. The SMILES string of the molecule is Cc1ccc(C2=C3c4ccccc4[N+](=O)N3CCN2CCCN)cc1. The second-order valence-corrected chi connectivity index (χ2v) is 6.61. The number of rotatable bonds is 4. The van der Waals surface area contributed by atoms with Crippen LogP contribution in [0.25, 0.3) is 11.4 Å². The zero-order chi connectivity index (χ0) is 17.4. The van der Waals surface area contributed by atoms with Gasteiger partial charge in [-0.1, -0.05) is 47.0 Å². The Kier molecular flexibility index (Phi) is 4.01. The molecule has 128 valence electrons. The lowest BCUT2D eigenvalue weighted by atomic mass is 10.0. The molecule has 2 heterocycles. The predicted octanol–water partition coefficient (Wildman–Crippen LogP) is 3.13. The Balaban J connectivity index is 1.91. The van der Waals surface area contributed by atoms with Crippen LogP contribution in [0, 0.1) is 11.8 Å². The number of aryl methyl sites for hydroxylation is 1. The summed E-state index contributed by atoms with van der Waals surface area (Å²) in [6, 6.07) is 16.4. The fourth-order valence-corrected chi connectivity index (χ4v) is 3.67. The molecule has 0 bridgehead atoms. The van der Waals surface area contributed by atoms with Gasteiger partial charge in [-0.25, -0.2) is 0 Å². The largest absolute Gasteiger partial charge is 0.367 e. The number of para-hydroxylation sites is 1. The molecule has 4 rings (SSSR count). The summed E-state index contributed by atoms with van der Waals surface area (Å²) in [4.78, 5) is 16.2. The lowest BCUT2D eigenvalue weighted by Gasteiger charge is -2.34. The molecule has 2 aromatic carbocycles. The third kappa shape index (κ3) is 2.61. The highest BCUT2D eigenvalue weighted by Crippen LogP contribution is 2.44. The maximum atomic E-state index is 12.8. The van der Waals surface area contributed by atoms with Gasteiger partial charge in [0.05, 0.1) is 16.2 Å². The number of hydrazine groups is 1. The lowest BCUT2D eigenvalue weighted by molar-refractivity contribution is -0.612. The van der Waals surface area contributed by atoms with Crippen LogP contribution in [-0.2, 0) is 0 Å². The number of benzene rings is 2. The van der Waals surface area contributed by atoms with Gasteiger partial charge < -0.3 is 10.6 Å². The maximum absolute atomic E-state index is 12.8. The molecule has 0 unspecified atom stereocenters. The molecule has 5 nitrogen and oxygen atoms in total. The molecule has 0 spiro atoms. The van der Waals surface area contributed by atoms with Gasteiger partial charge in [0.2, 0.25) is 0 Å². The van der Waals surface area contributed by atoms with E-state index in [1.165, 1.54) is 5.56 Å². The van der Waals surface area contributed by atoms with Crippen molar-refractivity contribution in [1.29, 1.82) is 0 Å². The summed E-state index contributed by atoms with van der Waals surface area (Å²) in [7, 11) is 0. The Labute approximate surface area is 147 Å². The van der Waals surface area contributed by atoms with Crippen LogP contribution in [0.3, 0.4) is 0 Å². The van der Waals surface area contributed by atoms with Gasteiger partial charge in [-0.3, -0.25) is 0 Å². The Bertz CT molecular complexity index is 841. The van der Waals surface area contributed by atoms with E-state index in [-0.39, 0.29) is 0 Å². The Morgan fingerprint density at radius 1 is 1.04 bits per heavy atom. The minimum Gasteiger partial charge on any atom is -0.367 e. The van der Waals surface area contributed by atoms with Crippen LogP contribution in [0.15, 0.2) is 48.5 Å². The third-order valence-corrected chi connectivity index (χ3v) is 4.92. The minimum absolute atomic E-state index is 0.668. The molecule has 2 aliphatic heterocycles. The van der Waals surface area contributed by atoms with Crippen molar-refractivity contribution in [3.8, 4) is 0 Å². The van der Waals surface area contributed by atoms with Gasteiger partial charge in [0.25, 0.3) is 0 Å². The highest BCUT2D eigenvalue weighted by Gasteiger charge is 2.45. The number of hydrogen-bond acceptors (Lipinski definition) is 3. The fraction of sp³-hybridized carbons (Fsp3) is 0.300. The summed E-state index contributed by atoms with van der Waals surface area (Å²) in [6.45, 7) is 5.16. The molecule has 0 atom stereocenters. The van der Waals surface area contributed by atoms with Crippen LogP contribution in [-0.4, -0.2) is 41.0 Å². The molecule has 2 aromatic rings. The third-order valence-electron chi connectivity index (χ3n) is 4.92. The van der Waals surface area contributed by atoms with E-state index < -0.39 is 0 Å². The van der Waals surface area contributed by atoms with E-state index in [1.807, 2.05) is 29.3 Å². The first-order valence-corrected chi connectivity index (χ1v) is 8.81. The van der Waals surface area contributed by atoms with Gasteiger partial charge in [-0.05, 0) is 26.0 Å². The first-order valence-electron chi connectivity index (χ1n) is 8.81. The number of hydrogen-bond donors (Lipinski definition) is 1. The van der Waals surface area contributed by atoms with E-state index in [1.54, 1.807) is 0 Å². The summed E-state index contributed by atoms with van der Waals surface area (Å²) >= 11 is 0. The number of fused-ring (bicyclic) bond motifs is 3. The van der Waals surface area contributed by atoms with Crippen molar-refractivity contribution in [1.82, 2.24) is 9.91 Å². The van der Waals surface area contributed by atoms with E-state index in [0.717, 1.165) is 52.6 Å². The molecular formula is C20H23N4O+. The molecule has 0 amide bonds. The Hall–Kier alpha value is -2.66. The summed E-state index contributed by atoms with van der Waals surface area (Å²) < 4.78 is 0. The molecule has 0 aromatic heterocycles. The summed E-state index contributed by atoms with van der Waals surface area (Å²) in [5.74, 6) is 0. The second-order valence-electron chi connectivity index (χ2n) is 6.61. The van der Waals surface area contributed by atoms with Gasteiger partial charge in [-0.15, -0.1) is 0 Å². The Morgan fingerprint density at radius 3 is 2.56 bits per heavy atom.